The lowest BCUT2D eigenvalue weighted by Gasteiger charge is -2.41. The van der Waals surface area contributed by atoms with Gasteiger partial charge in [0.2, 0.25) is 5.91 Å². The molecule has 7 N–H and O–H groups in total. The molecule has 1 amide bonds. The number of unbranched alkanes of at least 4 members (excludes halogenated alkanes) is 33. The van der Waals surface area contributed by atoms with E-state index in [1.54, 1.807) is 0 Å². The molecular formula is C53H103NO12S. The van der Waals surface area contributed by atoms with Crippen LogP contribution in [0.25, 0.3) is 0 Å². The Balaban J connectivity index is 2.45. The van der Waals surface area contributed by atoms with Crippen LogP contribution in [-0.2, 0) is 28.9 Å². The van der Waals surface area contributed by atoms with Crippen molar-refractivity contribution in [1.29, 1.82) is 0 Å². The van der Waals surface area contributed by atoms with E-state index in [0.29, 0.717) is 19.3 Å². The number of amides is 1. The van der Waals surface area contributed by atoms with Crippen LogP contribution in [0.2, 0.25) is 0 Å². The van der Waals surface area contributed by atoms with Gasteiger partial charge in [0.1, 0.15) is 30.5 Å². The van der Waals surface area contributed by atoms with E-state index in [1.165, 1.54) is 161 Å². The molecule has 1 rings (SSSR count). The number of hydrogen-bond donors (Lipinski definition) is 7. The first-order chi connectivity index (χ1) is 32.4. The Morgan fingerprint density at radius 3 is 1.34 bits per heavy atom. The zero-order valence-corrected chi connectivity index (χ0v) is 43.4. The highest BCUT2D eigenvalue weighted by atomic mass is 32.3. The second-order valence-corrected chi connectivity index (χ2v) is 20.7. The van der Waals surface area contributed by atoms with Crippen molar-refractivity contribution >= 4 is 16.3 Å². The zero-order chi connectivity index (χ0) is 49.2. The van der Waals surface area contributed by atoms with Gasteiger partial charge in [0.05, 0.1) is 25.4 Å². The SMILES string of the molecule is CCCCCCCCCCCC/C=C\CCCCCCCCC(O)C(=O)NC(COC1OC(CO)C(O)C(OS(=O)(=O)O)C1O)C(O)CCCCCCCCCCCCCCCCCCCC. The fraction of sp³-hybridized carbons (Fsp3) is 0.943. The molecular weight excluding hydrogens is 875 g/mol. The number of carbonyl (C=O) groups excluding carboxylic acids is 1. The largest absolute Gasteiger partial charge is 0.397 e. The van der Waals surface area contributed by atoms with Crippen LogP contribution in [0.1, 0.15) is 258 Å². The Labute approximate surface area is 409 Å². The molecule has 0 spiro atoms. The quantitative estimate of drug-likeness (QED) is 0.0172. The Kier molecular flexibility index (Phi) is 41.5. The molecule has 67 heavy (non-hydrogen) atoms. The summed E-state index contributed by atoms with van der Waals surface area (Å²) in [5.41, 5.74) is 0. The van der Waals surface area contributed by atoms with Gasteiger partial charge >= 0.3 is 10.4 Å². The summed E-state index contributed by atoms with van der Waals surface area (Å²) in [6.45, 7) is 3.32. The minimum absolute atomic E-state index is 0.256. The lowest BCUT2D eigenvalue weighted by atomic mass is 9.99. The molecule has 1 aliphatic heterocycles. The molecule has 0 radical (unpaired) electrons. The average molecular weight is 978 g/mol. The van der Waals surface area contributed by atoms with Crippen molar-refractivity contribution in [3.05, 3.63) is 12.2 Å². The lowest BCUT2D eigenvalue weighted by Crippen LogP contribution is -2.61. The van der Waals surface area contributed by atoms with Crippen LogP contribution in [-0.4, -0.2) is 107 Å². The summed E-state index contributed by atoms with van der Waals surface area (Å²) >= 11 is 0. The standard InChI is InChI=1S/C53H103NO12S/c1-3-5-7-9-11-13-15-17-19-21-23-24-26-28-30-32-34-36-38-40-42-47(57)52(60)54-45(44-64-53-50(59)51(66-67(61,62)63)49(58)48(43-55)65-53)46(56)41-39-37-35-33-31-29-27-25-22-20-18-16-14-12-10-8-6-4-2/h24,26,45-51,53,55-59H,3-23,25,27-44H2,1-2H3,(H,54,60)(H,61,62,63)/b26-24-. The minimum Gasteiger partial charge on any atom is -0.394 e. The van der Waals surface area contributed by atoms with Gasteiger partial charge in [-0.25, -0.2) is 4.18 Å². The smallest absolute Gasteiger partial charge is 0.394 e. The topological polar surface area (TPSA) is 212 Å². The van der Waals surface area contributed by atoms with Gasteiger partial charge in [0.25, 0.3) is 0 Å². The number of aliphatic hydroxyl groups excluding tert-OH is 5. The van der Waals surface area contributed by atoms with Gasteiger partial charge in [-0.05, 0) is 38.5 Å². The summed E-state index contributed by atoms with van der Waals surface area (Å²) in [5.74, 6) is -0.670. The number of nitrogens with one attached hydrogen (secondary N) is 1. The average Bonchev–Trinajstić information content (AvgIpc) is 3.30. The third-order valence-corrected chi connectivity index (χ3v) is 13.9. The number of ether oxygens (including phenoxy) is 2. The highest BCUT2D eigenvalue weighted by molar-refractivity contribution is 7.80. The number of aliphatic hydroxyl groups is 5. The van der Waals surface area contributed by atoms with Crippen LogP contribution >= 0.6 is 0 Å². The summed E-state index contributed by atoms with van der Waals surface area (Å²) in [6.07, 6.45) is 38.1. The van der Waals surface area contributed by atoms with Crippen LogP contribution in [0.5, 0.6) is 0 Å². The molecule has 0 aromatic heterocycles. The Morgan fingerprint density at radius 2 is 0.955 bits per heavy atom. The van der Waals surface area contributed by atoms with Crippen LogP contribution < -0.4 is 5.32 Å². The highest BCUT2D eigenvalue weighted by Crippen LogP contribution is 2.26. The molecule has 0 aromatic carbocycles. The van der Waals surface area contributed by atoms with Gasteiger partial charge in [-0.15, -0.1) is 0 Å². The monoisotopic (exact) mass is 978 g/mol. The van der Waals surface area contributed by atoms with Gasteiger partial charge in [-0.1, -0.05) is 231 Å². The number of carbonyl (C=O) groups is 1. The molecule has 14 heteroatoms. The molecule has 8 atom stereocenters. The maximum atomic E-state index is 13.2. The Hall–Kier alpha value is -1.20. The number of rotatable bonds is 48. The summed E-state index contributed by atoms with van der Waals surface area (Å²) < 4.78 is 47.8. The normalized spacial score (nSPS) is 20.4. The molecule has 8 unspecified atom stereocenters. The van der Waals surface area contributed by atoms with Crippen molar-refractivity contribution in [2.75, 3.05) is 13.2 Å². The molecule has 0 aromatic rings. The molecule has 1 fully saturated rings. The van der Waals surface area contributed by atoms with Gasteiger partial charge in [0.15, 0.2) is 6.29 Å². The third-order valence-electron chi connectivity index (χ3n) is 13.4. The second kappa shape index (κ2) is 43.6. The summed E-state index contributed by atoms with van der Waals surface area (Å²) in [7, 11) is -5.11. The van der Waals surface area contributed by atoms with E-state index in [-0.39, 0.29) is 6.42 Å². The molecule has 1 heterocycles. The summed E-state index contributed by atoms with van der Waals surface area (Å²) in [5, 5.41) is 55.6. The lowest BCUT2D eigenvalue weighted by molar-refractivity contribution is -0.298. The van der Waals surface area contributed by atoms with Crippen LogP contribution in [0.15, 0.2) is 12.2 Å². The van der Waals surface area contributed by atoms with E-state index in [4.69, 9.17) is 9.47 Å². The zero-order valence-electron chi connectivity index (χ0n) is 42.6. The first kappa shape index (κ1) is 63.8. The second-order valence-electron chi connectivity index (χ2n) is 19.7. The fourth-order valence-electron chi connectivity index (χ4n) is 9.05. The van der Waals surface area contributed by atoms with E-state index >= 15 is 0 Å². The van der Waals surface area contributed by atoms with E-state index < -0.39 is 78.5 Å². The van der Waals surface area contributed by atoms with Crippen LogP contribution in [0.3, 0.4) is 0 Å². The summed E-state index contributed by atoms with van der Waals surface area (Å²) in [4.78, 5) is 13.2. The number of hydrogen-bond acceptors (Lipinski definition) is 11. The predicted molar refractivity (Wildman–Crippen MR) is 270 cm³/mol. The molecule has 398 valence electrons. The van der Waals surface area contributed by atoms with Crippen molar-refractivity contribution in [3.8, 4) is 0 Å². The van der Waals surface area contributed by atoms with Crippen molar-refractivity contribution in [1.82, 2.24) is 5.32 Å². The minimum atomic E-state index is -5.11. The molecule has 0 aliphatic carbocycles. The van der Waals surface area contributed by atoms with E-state index in [1.807, 2.05) is 0 Å². The fourth-order valence-corrected chi connectivity index (χ4v) is 9.56. The first-order valence-electron chi connectivity index (χ1n) is 27.7. The first-order valence-corrected chi connectivity index (χ1v) is 29.0. The Morgan fingerprint density at radius 1 is 0.582 bits per heavy atom. The van der Waals surface area contributed by atoms with Crippen molar-refractivity contribution in [2.24, 2.45) is 0 Å². The molecule has 1 saturated heterocycles. The van der Waals surface area contributed by atoms with Gasteiger partial charge in [-0.2, -0.15) is 8.42 Å². The predicted octanol–water partition coefficient (Wildman–Crippen LogP) is 11.3. The van der Waals surface area contributed by atoms with Crippen molar-refractivity contribution in [3.63, 3.8) is 0 Å². The van der Waals surface area contributed by atoms with Crippen LogP contribution in [0.4, 0.5) is 0 Å². The van der Waals surface area contributed by atoms with E-state index in [2.05, 4.69) is 35.5 Å². The Bertz CT molecular complexity index is 1260. The summed E-state index contributed by atoms with van der Waals surface area (Å²) in [6, 6.07) is -1.03. The number of allylic oxidation sites excluding steroid dienone is 2. The third kappa shape index (κ3) is 35.5. The van der Waals surface area contributed by atoms with Gasteiger partial charge in [0, 0.05) is 0 Å². The molecule has 13 nitrogen and oxygen atoms in total. The van der Waals surface area contributed by atoms with Crippen molar-refractivity contribution < 1.29 is 57.0 Å². The van der Waals surface area contributed by atoms with Crippen molar-refractivity contribution in [2.45, 2.75) is 307 Å². The maximum absolute atomic E-state index is 13.2. The van der Waals surface area contributed by atoms with Gasteiger partial charge < -0.3 is 40.3 Å². The molecule has 0 bridgehead atoms. The van der Waals surface area contributed by atoms with E-state index in [0.717, 1.165) is 57.8 Å². The molecule has 0 saturated carbocycles. The van der Waals surface area contributed by atoms with Crippen LogP contribution in [0, 0.1) is 0 Å². The van der Waals surface area contributed by atoms with Gasteiger partial charge in [-0.3, -0.25) is 9.35 Å². The molecule has 1 aliphatic rings. The van der Waals surface area contributed by atoms with E-state index in [9.17, 15) is 43.3 Å². The maximum Gasteiger partial charge on any atom is 0.397 e. The highest BCUT2D eigenvalue weighted by Gasteiger charge is 2.48.